The van der Waals surface area contributed by atoms with E-state index in [9.17, 15) is 4.79 Å². The average Bonchev–Trinajstić information content (AvgIpc) is 2.39. The van der Waals surface area contributed by atoms with Gasteiger partial charge in [0.05, 0.1) is 11.3 Å². The Morgan fingerprint density at radius 3 is 2.79 bits per heavy atom. The maximum Gasteiger partial charge on any atom is 0.164 e. The lowest BCUT2D eigenvalue weighted by molar-refractivity contribution is 0.101. The van der Waals surface area contributed by atoms with Crippen molar-refractivity contribution in [2.75, 3.05) is 5.32 Å². The van der Waals surface area contributed by atoms with Crippen molar-refractivity contribution in [1.29, 1.82) is 0 Å². The molecule has 0 unspecified atom stereocenters. The first-order valence-electron chi connectivity index (χ1n) is 4.92. The molecule has 1 aliphatic carbocycles. The summed E-state index contributed by atoms with van der Waals surface area (Å²) in [6, 6.07) is 0.563. The Morgan fingerprint density at radius 1 is 1.57 bits per heavy atom. The van der Waals surface area contributed by atoms with Crippen molar-refractivity contribution < 1.29 is 4.79 Å². The average molecular weight is 210 g/mol. The van der Waals surface area contributed by atoms with Gasteiger partial charge in [-0.3, -0.25) is 4.79 Å². The van der Waals surface area contributed by atoms with Crippen LogP contribution in [0.25, 0.3) is 0 Å². The summed E-state index contributed by atoms with van der Waals surface area (Å²) in [6.45, 7) is 3.49. The predicted octanol–water partition coefficient (Wildman–Crippen LogP) is 2.62. The molecule has 0 atom stereocenters. The van der Waals surface area contributed by atoms with Gasteiger partial charge in [0, 0.05) is 6.04 Å². The van der Waals surface area contributed by atoms with Gasteiger partial charge in [-0.2, -0.15) is 4.37 Å². The molecule has 1 heterocycles. The lowest BCUT2D eigenvalue weighted by Gasteiger charge is -2.26. The number of hydrogen-bond acceptors (Lipinski definition) is 4. The molecule has 1 saturated carbocycles. The molecule has 3 nitrogen and oxygen atoms in total. The summed E-state index contributed by atoms with van der Waals surface area (Å²) in [6.07, 6.45) is 3.73. The van der Waals surface area contributed by atoms with Crippen LogP contribution in [0.15, 0.2) is 0 Å². The normalized spacial score (nSPS) is 16.4. The Hall–Kier alpha value is -0.900. The van der Waals surface area contributed by atoms with Gasteiger partial charge in [0.1, 0.15) is 5.00 Å². The van der Waals surface area contributed by atoms with Crippen LogP contribution in [0.3, 0.4) is 0 Å². The highest BCUT2D eigenvalue weighted by molar-refractivity contribution is 7.10. The minimum atomic E-state index is 0.109. The number of Topliss-reactive ketones (excluding diaryl/α,β-unsaturated/α-hetero) is 1. The highest BCUT2D eigenvalue weighted by atomic mass is 32.1. The molecule has 0 bridgehead atoms. The number of rotatable bonds is 3. The lowest BCUT2D eigenvalue weighted by atomic mass is 9.93. The van der Waals surface area contributed by atoms with Gasteiger partial charge in [-0.25, -0.2) is 0 Å². The quantitative estimate of drug-likeness (QED) is 0.780. The molecule has 76 valence electrons. The van der Waals surface area contributed by atoms with Crippen LogP contribution < -0.4 is 5.32 Å². The maximum absolute atomic E-state index is 11.4. The molecular formula is C10H14N2OS. The summed E-state index contributed by atoms with van der Waals surface area (Å²) in [5.41, 5.74) is 1.63. The minimum absolute atomic E-state index is 0.109. The van der Waals surface area contributed by atoms with Crippen molar-refractivity contribution >= 4 is 22.3 Å². The van der Waals surface area contributed by atoms with Crippen LogP contribution in [-0.4, -0.2) is 16.2 Å². The molecule has 1 N–H and O–H groups in total. The van der Waals surface area contributed by atoms with E-state index in [1.54, 1.807) is 6.92 Å². The molecule has 1 aromatic rings. The van der Waals surface area contributed by atoms with Gasteiger partial charge in [0.15, 0.2) is 5.78 Å². The summed E-state index contributed by atoms with van der Waals surface area (Å²) in [7, 11) is 0. The highest BCUT2D eigenvalue weighted by Crippen LogP contribution is 2.30. The van der Waals surface area contributed by atoms with Crippen molar-refractivity contribution in [1.82, 2.24) is 4.37 Å². The summed E-state index contributed by atoms with van der Waals surface area (Å²) in [4.78, 5) is 11.4. The second-order valence-corrected chi connectivity index (χ2v) is 4.57. The fourth-order valence-corrected chi connectivity index (χ4v) is 2.54. The van der Waals surface area contributed by atoms with Gasteiger partial charge >= 0.3 is 0 Å². The smallest absolute Gasteiger partial charge is 0.164 e. The molecule has 0 aliphatic heterocycles. The number of nitrogens with one attached hydrogen (secondary N) is 1. The fourth-order valence-electron chi connectivity index (χ4n) is 1.62. The minimum Gasteiger partial charge on any atom is -0.372 e. The first-order valence-corrected chi connectivity index (χ1v) is 5.69. The van der Waals surface area contributed by atoms with Gasteiger partial charge in [-0.15, -0.1) is 0 Å². The third-order valence-corrected chi connectivity index (χ3v) is 3.52. The summed E-state index contributed by atoms with van der Waals surface area (Å²) in [5.74, 6) is 0.109. The van der Waals surface area contributed by atoms with Crippen molar-refractivity contribution in [2.24, 2.45) is 0 Å². The van der Waals surface area contributed by atoms with Gasteiger partial charge in [0.25, 0.3) is 0 Å². The van der Waals surface area contributed by atoms with E-state index >= 15 is 0 Å². The molecular weight excluding hydrogens is 196 g/mol. The van der Waals surface area contributed by atoms with Crippen LogP contribution in [-0.2, 0) is 0 Å². The molecule has 0 spiro atoms. The molecule has 1 aromatic heterocycles. The van der Waals surface area contributed by atoms with Crippen LogP contribution in [0.4, 0.5) is 5.00 Å². The summed E-state index contributed by atoms with van der Waals surface area (Å²) in [5, 5.41) is 4.34. The molecule has 0 amide bonds. The second-order valence-electron chi connectivity index (χ2n) is 3.80. The number of aromatic nitrogens is 1. The van der Waals surface area contributed by atoms with Crippen molar-refractivity contribution in [2.45, 2.75) is 39.2 Å². The number of hydrogen-bond donors (Lipinski definition) is 1. The Balaban J connectivity index is 2.19. The Bertz CT molecular complexity index is 355. The summed E-state index contributed by atoms with van der Waals surface area (Å²) >= 11 is 1.40. The van der Waals surface area contributed by atoms with E-state index in [-0.39, 0.29) is 5.78 Å². The molecule has 0 radical (unpaired) electrons. The van der Waals surface area contributed by atoms with E-state index in [0.29, 0.717) is 6.04 Å². The van der Waals surface area contributed by atoms with Gasteiger partial charge in [-0.1, -0.05) is 0 Å². The number of ketones is 1. The zero-order chi connectivity index (χ0) is 10.1. The molecule has 0 saturated heterocycles. The maximum atomic E-state index is 11.4. The lowest BCUT2D eigenvalue weighted by Crippen LogP contribution is -2.27. The highest BCUT2D eigenvalue weighted by Gasteiger charge is 2.21. The second kappa shape index (κ2) is 3.69. The third-order valence-electron chi connectivity index (χ3n) is 2.66. The monoisotopic (exact) mass is 210 g/mol. The van der Waals surface area contributed by atoms with E-state index in [1.807, 2.05) is 6.92 Å². The van der Waals surface area contributed by atoms with E-state index in [4.69, 9.17) is 0 Å². The predicted molar refractivity (Wildman–Crippen MR) is 58.1 cm³/mol. The number of nitrogens with zero attached hydrogens (tertiary/aromatic N) is 1. The van der Waals surface area contributed by atoms with Crippen LogP contribution in [0, 0.1) is 6.92 Å². The topological polar surface area (TPSA) is 42.0 Å². The number of aryl methyl sites for hydroxylation is 1. The molecule has 14 heavy (non-hydrogen) atoms. The number of carbonyl (C=O) groups is 1. The van der Waals surface area contributed by atoms with Crippen molar-refractivity contribution in [3.05, 3.63) is 11.3 Å². The zero-order valence-electron chi connectivity index (χ0n) is 8.46. The number of anilines is 1. The van der Waals surface area contributed by atoms with Gasteiger partial charge in [-0.05, 0) is 44.6 Å². The van der Waals surface area contributed by atoms with E-state index in [2.05, 4.69) is 9.69 Å². The Morgan fingerprint density at radius 2 is 2.29 bits per heavy atom. The third kappa shape index (κ3) is 1.66. The van der Waals surface area contributed by atoms with E-state index in [0.717, 1.165) is 16.3 Å². The first kappa shape index (κ1) is 9.65. The van der Waals surface area contributed by atoms with Crippen LogP contribution >= 0.6 is 11.5 Å². The van der Waals surface area contributed by atoms with Crippen molar-refractivity contribution in [3.63, 3.8) is 0 Å². The van der Waals surface area contributed by atoms with E-state index < -0.39 is 0 Å². The largest absolute Gasteiger partial charge is 0.372 e. The fraction of sp³-hybridized carbons (Fsp3) is 0.600. The standard InChI is InChI=1S/C10H14N2OS/c1-6-9(7(2)13)10(14-12-6)11-8-4-3-5-8/h8,11H,3-5H2,1-2H3. The van der Waals surface area contributed by atoms with E-state index in [1.165, 1.54) is 30.8 Å². The number of carbonyl (C=O) groups excluding carboxylic acids is 1. The Labute approximate surface area is 87.7 Å². The molecule has 1 fully saturated rings. The zero-order valence-corrected chi connectivity index (χ0v) is 9.28. The van der Waals surface area contributed by atoms with Gasteiger partial charge in [0.2, 0.25) is 0 Å². The summed E-state index contributed by atoms with van der Waals surface area (Å²) < 4.78 is 4.21. The molecule has 4 heteroatoms. The SMILES string of the molecule is CC(=O)c1c(C)nsc1NC1CCC1. The molecule has 0 aromatic carbocycles. The Kier molecular flexibility index (Phi) is 2.54. The van der Waals surface area contributed by atoms with Crippen molar-refractivity contribution in [3.8, 4) is 0 Å². The van der Waals surface area contributed by atoms with Crippen LogP contribution in [0.5, 0.6) is 0 Å². The first-order chi connectivity index (χ1) is 6.68. The van der Waals surface area contributed by atoms with Crippen LogP contribution in [0.2, 0.25) is 0 Å². The van der Waals surface area contributed by atoms with Crippen LogP contribution in [0.1, 0.15) is 42.2 Å². The molecule has 2 rings (SSSR count). The van der Waals surface area contributed by atoms with Gasteiger partial charge < -0.3 is 5.32 Å². The molecule has 1 aliphatic rings.